The summed E-state index contributed by atoms with van der Waals surface area (Å²) in [6.07, 6.45) is 3.30. The van der Waals surface area contributed by atoms with E-state index in [0.29, 0.717) is 12.0 Å². The smallest absolute Gasteiger partial charge is 0.306 e. The summed E-state index contributed by atoms with van der Waals surface area (Å²) >= 11 is 1.59. The number of rotatable bonds is 4. The lowest BCUT2D eigenvalue weighted by atomic mass is 9.86. The molecule has 2 rings (SSSR count). The third-order valence-electron chi connectivity index (χ3n) is 3.34. The van der Waals surface area contributed by atoms with E-state index in [2.05, 4.69) is 29.4 Å². The molecular weight excluding hydrogens is 250 g/mol. The van der Waals surface area contributed by atoms with Gasteiger partial charge in [0, 0.05) is 12.0 Å². The highest BCUT2D eigenvalue weighted by Gasteiger charge is 2.26. The summed E-state index contributed by atoms with van der Waals surface area (Å²) in [5, 5.41) is 22.5. The maximum atomic E-state index is 10.9. The topological polar surface area (TPSA) is 75.1 Å². The highest BCUT2D eigenvalue weighted by atomic mass is 32.1. The fourth-order valence-electron chi connectivity index (χ4n) is 2.19. The molecule has 0 unspecified atom stereocenters. The summed E-state index contributed by atoms with van der Waals surface area (Å²) < 4.78 is 0. The molecule has 0 bridgehead atoms. The molecule has 1 aliphatic rings. The fourth-order valence-corrected chi connectivity index (χ4v) is 3.01. The molecule has 0 atom stereocenters. The van der Waals surface area contributed by atoms with Crippen molar-refractivity contribution in [2.24, 2.45) is 5.92 Å². The minimum absolute atomic E-state index is 0.163. The van der Waals surface area contributed by atoms with Crippen LogP contribution >= 0.6 is 11.3 Å². The molecule has 5 nitrogen and oxygen atoms in total. The van der Waals surface area contributed by atoms with Gasteiger partial charge in [0.15, 0.2) is 0 Å². The van der Waals surface area contributed by atoms with Crippen molar-refractivity contribution in [2.75, 3.05) is 5.32 Å². The average molecular weight is 269 g/mol. The number of carbonyl (C=O) groups is 1. The molecule has 18 heavy (non-hydrogen) atoms. The van der Waals surface area contributed by atoms with Gasteiger partial charge in [-0.05, 0) is 25.7 Å². The van der Waals surface area contributed by atoms with Crippen LogP contribution in [-0.2, 0) is 4.79 Å². The number of carboxylic acid groups (broad SMARTS) is 1. The lowest BCUT2D eigenvalue weighted by molar-refractivity contribution is -0.142. The monoisotopic (exact) mass is 269 g/mol. The number of hydrogen-bond acceptors (Lipinski definition) is 5. The molecule has 1 aliphatic carbocycles. The third kappa shape index (κ3) is 3.19. The highest BCUT2D eigenvalue weighted by Crippen LogP contribution is 2.29. The second-order valence-electron chi connectivity index (χ2n) is 5.13. The van der Waals surface area contributed by atoms with Gasteiger partial charge in [-0.1, -0.05) is 25.2 Å². The molecule has 0 aromatic carbocycles. The number of aliphatic carboxylic acids is 1. The number of carboxylic acids is 1. The van der Waals surface area contributed by atoms with Crippen molar-refractivity contribution < 1.29 is 9.90 Å². The van der Waals surface area contributed by atoms with Crippen molar-refractivity contribution in [3.63, 3.8) is 0 Å². The Morgan fingerprint density at radius 3 is 2.50 bits per heavy atom. The lowest BCUT2D eigenvalue weighted by Gasteiger charge is -2.26. The predicted octanol–water partition coefficient (Wildman–Crippen LogP) is 2.72. The van der Waals surface area contributed by atoms with Crippen molar-refractivity contribution in [1.82, 2.24) is 10.2 Å². The highest BCUT2D eigenvalue weighted by molar-refractivity contribution is 7.15. The standard InChI is InChI=1S/C12H19N3O2S/c1-7(2)10-14-15-12(18-10)13-9-5-3-8(4-6-9)11(16)17/h7-9H,3-6H2,1-2H3,(H,13,15)(H,16,17). The summed E-state index contributed by atoms with van der Waals surface area (Å²) in [5.74, 6) is -0.420. The van der Waals surface area contributed by atoms with Gasteiger partial charge in [-0.3, -0.25) is 4.79 Å². The first-order chi connectivity index (χ1) is 8.56. The van der Waals surface area contributed by atoms with Crippen molar-refractivity contribution in [2.45, 2.75) is 51.5 Å². The molecule has 1 aromatic heterocycles. The molecule has 1 saturated carbocycles. The van der Waals surface area contributed by atoms with Crippen LogP contribution in [-0.4, -0.2) is 27.3 Å². The molecule has 0 spiro atoms. The summed E-state index contributed by atoms with van der Waals surface area (Å²) in [7, 11) is 0. The first-order valence-electron chi connectivity index (χ1n) is 6.39. The Morgan fingerprint density at radius 1 is 1.33 bits per heavy atom. The minimum Gasteiger partial charge on any atom is -0.481 e. The summed E-state index contributed by atoms with van der Waals surface area (Å²) in [6, 6.07) is 0.341. The van der Waals surface area contributed by atoms with Crippen LogP contribution in [0.4, 0.5) is 5.13 Å². The van der Waals surface area contributed by atoms with Crippen LogP contribution in [0.5, 0.6) is 0 Å². The van der Waals surface area contributed by atoms with E-state index >= 15 is 0 Å². The Hall–Kier alpha value is -1.17. The predicted molar refractivity (Wildman–Crippen MR) is 71.0 cm³/mol. The van der Waals surface area contributed by atoms with Gasteiger partial charge in [-0.25, -0.2) is 0 Å². The Balaban J connectivity index is 1.85. The van der Waals surface area contributed by atoms with Gasteiger partial charge in [-0.2, -0.15) is 0 Å². The molecule has 1 fully saturated rings. The van der Waals surface area contributed by atoms with E-state index in [1.54, 1.807) is 11.3 Å². The number of aromatic nitrogens is 2. The summed E-state index contributed by atoms with van der Waals surface area (Å²) in [6.45, 7) is 4.20. The van der Waals surface area contributed by atoms with E-state index in [0.717, 1.165) is 35.8 Å². The maximum absolute atomic E-state index is 10.9. The summed E-state index contributed by atoms with van der Waals surface area (Å²) in [4.78, 5) is 10.9. The first kappa shape index (κ1) is 13.3. The largest absolute Gasteiger partial charge is 0.481 e. The molecule has 2 N–H and O–H groups in total. The van der Waals surface area contributed by atoms with E-state index < -0.39 is 5.97 Å². The van der Waals surface area contributed by atoms with Crippen LogP contribution < -0.4 is 5.32 Å². The Morgan fingerprint density at radius 2 is 2.00 bits per heavy atom. The van der Waals surface area contributed by atoms with Crippen LogP contribution in [0.25, 0.3) is 0 Å². The van der Waals surface area contributed by atoms with E-state index in [1.807, 2.05) is 0 Å². The minimum atomic E-state index is -0.661. The first-order valence-corrected chi connectivity index (χ1v) is 7.20. The molecule has 0 saturated heterocycles. The van der Waals surface area contributed by atoms with Crippen LogP contribution in [0.15, 0.2) is 0 Å². The van der Waals surface area contributed by atoms with E-state index in [4.69, 9.17) is 5.11 Å². The van der Waals surface area contributed by atoms with Crippen LogP contribution in [0.1, 0.15) is 50.5 Å². The molecule has 1 aromatic rings. The quantitative estimate of drug-likeness (QED) is 0.879. The third-order valence-corrected chi connectivity index (χ3v) is 4.49. The Kier molecular flexibility index (Phi) is 4.16. The zero-order valence-corrected chi connectivity index (χ0v) is 11.5. The van der Waals surface area contributed by atoms with Crippen molar-refractivity contribution in [1.29, 1.82) is 0 Å². The number of nitrogens with one attached hydrogen (secondary N) is 1. The van der Waals surface area contributed by atoms with Crippen LogP contribution in [0.3, 0.4) is 0 Å². The van der Waals surface area contributed by atoms with Gasteiger partial charge in [0.05, 0.1) is 5.92 Å². The molecular formula is C12H19N3O2S. The molecule has 1 heterocycles. The molecule has 0 aliphatic heterocycles. The zero-order valence-electron chi connectivity index (χ0n) is 10.7. The van der Waals surface area contributed by atoms with Crippen molar-refractivity contribution in [3.05, 3.63) is 5.01 Å². The van der Waals surface area contributed by atoms with Gasteiger partial charge in [0.2, 0.25) is 5.13 Å². The number of anilines is 1. The van der Waals surface area contributed by atoms with Gasteiger partial charge < -0.3 is 10.4 Å². The van der Waals surface area contributed by atoms with Crippen LogP contribution in [0, 0.1) is 5.92 Å². The van der Waals surface area contributed by atoms with E-state index in [-0.39, 0.29) is 5.92 Å². The van der Waals surface area contributed by atoms with E-state index in [1.165, 1.54) is 0 Å². The van der Waals surface area contributed by atoms with Gasteiger partial charge >= 0.3 is 5.97 Å². The lowest BCUT2D eigenvalue weighted by Crippen LogP contribution is -2.29. The Labute approximate surface area is 111 Å². The van der Waals surface area contributed by atoms with Crippen LogP contribution in [0.2, 0.25) is 0 Å². The molecule has 6 heteroatoms. The average Bonchev–Trinajstić information content (AvgIpc) is 2.78. The van der Waals surface area contributed by atoms with Crippen molar-refractivity contribution >= 4 is 22.4 Å². The molecule has 0 radical (unpaired) electrons. The van der Waals surface area contributed by atoms with Gasteiger partial charge in [0.25, 0.3) is 0 Å². The van der Waals surface area contributed by atoms with Gasteiger partial charge in [-0.15, -0.1) is 10.2 Å². The number of nitrogens with zero attached hydrogens (tertiary/aromatic N) is 2. The second kappa shape index (κ2) is 5.65. The second-order valence-corrected chi connectivity index (χ2v) is 6.14. The normalized spacial score (nSPS) is 24.2. The number of hydrogen-bond donors (Lipinski definition) is 2. The SMILES string of the molecule is CC(C)c1nnc(NC2CCC(C(=O)O)CC2)s1. The summed E-state index contributed by atoms with van der Waals surface area (Å²) in [5.41, 5.74) is 0. The molecule has 0 amide bonds. The van der Waals surface area contributed by atoms with Gasteiger partial charge in [0.1, 0.15) is 5.01 Å². The zero-order chi connectivity index (χ0) is 13.1. The Bertz CT molecular complexity index is 411. The van der Waals surface area contributed by atoms with E-state index in [9.17, 15) is 4.79 Å². The van der Waals surface area contributed by atoms with Crippen molar-refractivity contribution in [3.8, 4) is 0 Å². The molecule has 100 valence electrons. The fraction of sp³-hybridized carbons (Fsp3) is 0.750. The maximum Gasteiger partial charge on any atom is 0.306 e.